The predicted octanol–water partition coefficient (Wildman–Crippen LogP) is 6.35. The molecular formula is C23H29O2P. The molecule has 0 N–H and O–H groups in total. The molecule has 0 heterocycles. The molecule has 138 valence electrons. The number of benzene rings is 2. The van der Waals surface area contributed by atoms with Gasteiger partial charge < -0.3 is 0 Å². The summed E-state index contributed by atoms with van der Waals surface area (Å²) < 4.78 is 0. The lowest BCUT2D eigenvalue weighted by Gasteiger charge is -2.21. The highest BCUT2D eigenvalue weighted by molar-refractivity contribution is 7.90. The largest absolute Gasteiger partial charge is 0.289 e. The van der Waals surface area contributed by atoms with Crippen molar-refractivity contribution < 1.29 is 9.59 Å². The highest BCUT2D eigenvalue weighted by atomic mass is 31.1. The van der Waals surface area contributed by atoms with Crippen molar-refractivity contribution in [1.29, 1.82) is 0 Å². The van der Waals surface area contributed by atoms with Crippen molar-refractivity contribution in [1.82, 2.24) is 0 Å². The van der Waals surface area contributed by atoms with Crippen LogP contribution in [0.3, 0.4) is 0 Å². The molecule has 0 aliphatic heterocycles. The van der Waals surface area contributed by atoms with E-state index in [1.54, 1.807) is 0 Å². The van der Waals surface area contributed by atoms with Crippen LogP contribution in [0, 0.1) is 40.5 Å². The highest BCUT2D eigenvalue weighted by Crippen LogP contribution is 2.47. The van der Waals surface area contributed by atoms with Crippen LogP contribution in [-0.2, 0) is 0 Å². The SMILES string of the molecule is Cc1cc(C)c(C(=O)P(CC(C)C)C(=O)c2c(C)cccc2C)c(C)c1. The molecule has 0 spiro atoms. The second kappa shape index (κ2) is 8.27. The maximum Gasteiger partial charge on any atom is 0.192 e. The minimum absolute atomic E-state index is 0.0219. The summed E-state index contributed by atoms with van der Waals surface area (Å²) >= 11 is 0. The Morgan fingerprint density at radius 3 is 1.65 bits per heavy atom. The van der Waals surface area contributed by atoms with E-state index in [2.05, 4.69) is 13.8 Å². The van der Waals surface area contributed by atoms with Gasteiger partial charge in [-0.05, 0) is 69.0 Å². The second-order valence-electron chi connectivity index (χ2n) is 7.66. The molecule has 0 saturated carbocycles. The monoisotopic (exact) mass is 368 g/mol. The molecule has 26 heavy (non-hydrogen) atoms. The average Bonchev–Trinajstić information content (AvgIpc) is 2.50. The quantitative estimate of drug-likeness (QED) is 0.557. The van der Waals surface area contributed by atoms with Crippen LogP contribution in [0.1, 0.15) is 62.4 Å². The van der Waals surface area contributed by atoms with E-state index in [1.165, 1.54) is 0 Å². The summed E-state index contributed by atoms with van der Waals surface area (Å²) in [6.45, 7) is 14.0. The minimum atomic E-state index is -1.43. The molecule has 0 aromatic heterocycles. The van der Waals surface area contributed by atoms with Crippen molar-refractivity contribution in [3.8, 4) is 0 Å². The minimum Gasteiger partial charge on any atom is -0.289 e. The molecule has 0 saturated heterocycles. The van der Waals surface area contributed by atoms with Crippen LogP contribution >= 0.6 is 7.92 Å². The van der Waals surface area contributed by atoms with Crippen LogP contribution in [0.5, 0.6) is 0 Å². The molecular weight excluding hydrogens is 339 g/mol. The maximum absolute atomic E-state index is 13.5. The zero-order valence-corrected chi connectivity index (χ0v) is 17.8. The van der Waals surface area contributed by atoms with E-state index in [1.807, 2.05) is 65.0 Å². The fourth-order valence-electron chi connectivity index (χ4n) is 3.56. The number of rotatable bonds is 6. The Hall–Kier alpha value is -1.79. The van der Waals surface area contributed by atoms with E-state index in [4.69, 9.17) is 0 Å². The standard InChI is InChI=1S/C23H29O2P/c1-14(2)13-26(22(24)20-16(4)9-8-10-17(20)5)23(25)21-18(6)11-15(3)12-19(21)7/h8-12,14H,13H2,1-7H3. The Bertz CT molecular complexity index is 806. The van der Waals surface area contributed by atoms with Crippen LogP contribution in [0.25, 0.3) is 0 Å². The summed E-state index contributed by atoms with van der Waals surface area (Å²) in [6.07, 6.45) is 0.632. The molecule has 0 aliphatic rings. The number of hydrogen-bond donors (Lipinski definition) is 0. The third-order valence-corrected chi connectivity index (χ3v) is 7.15. The summed E-state index contributed by atoms with van der Waals surface area (Å²) in [5, 5.41) is 0. The highest BCUT2D eigenvalue weighted by Gasteiger charge is 2.32. The first-order chi connectivity index (χ1) is 12.1. The van der Waals surface area contributed by atoms with Crippen molar-refractivity contribution in [3.63, 3.8) is 0 Å². The van der Waals surface area contributed by atoms with Crippen LogP contribution in [0.4, 0.5) is 0 Å². The Morgan fingerprint density at radius 2 is 1.23 bits per heavy atom. The molecule has 2 aromatic carbocycles. The number of hydrogen-bond acceptors (Lipinski definition) is 2. The number of carbonyl (C=O) groups excluding carboxylic acids is 2. The van der Waals surface area contributed by atoms with E-state index in [0.29, 0.717) is 12.1 Å². The van der Waals surface area contributed by atoms with Gasteiger partial charge in [0.15, 0.2) is 11.0 Å². The zero-order valence-electron chi connectivity index (χ0n) is 16.9. The molecule has 2 aromatic rings. The first-order valence-corrected chi connectivity index (χ1v) is 10.7. The maximum atomic E-state index is 13.5. The molecule has 1 atom stereocenters. The van der Waals surface area contributed by atoms with Gasteiger partial charge in [0.25, 0.3) is 0 Å². The van der Waals surface area contributed by atoms with E-state index < -0.39 is 7.92 Å². The molecule has 2 rings (SSSR count). The fourth-order valence-corrected chi connectivity index (χ4v) is 6.05. The van der Waals surface area contributed by atoms with Gasteiger partial charge in [-0.25, -0.2) is 0 Å². The van der Waals surface area contributed by atoms with Gasteiger partial charge >= 0.3 is 0 Å². The molecule has 3 heteroatoms. The van der Waals surface area contributed by atoms with E-state index >= 15 is 0 Å². The summed E-state index contributed by atoms with van der Waals surface area (Å²) in [5.41, 5.74) is 6.51. The molecule has 1 unspecified atom stereocenters. The topological polar surface area (TPSA) is 34.1 Å². The lowest BCUT2D eigenvalue weighted by Crippen LogP contribution is -2.15. The summed E-state index contributed by atoms with van der Waals surface area (Å²) in [7, 11) is -1.43. The van der Waals surface area contributed by atoms with Gasteiger partial charge in [0.05, 0.1) is 0 Å². The molecule has 0 amide bonds. The normalized spacial score (nSPS) is 12.3. The molecule has 0 radical (unpaired) electrons. The van der Waals surface area contributed by atoms with Crippen LogP contribution < -0.4 is 0 Å². The molecule has 2 nitrogen and oxygen atoms in total. The molecule has 0 bridgehead atoms. The van der Waals surface area contributed by atoms with E-state index in [9.17, 15) is 9.59 Å². The van der Waals surface area contributed by atoms with Crippen molar-refractivity contribution in [2.45, 2.75) is 48.5 Å². The third-order valence-electron chi connectivity index (χ3n) is 4.62. The fraction of sp³-hybridized carbons (Fsp3) is 0.391. The van der Waals surface area contributed by atoms with Crippen LogP contribution in [-0.4, -0.2) is 17.2 Å². The summed E-state index contributed by atoms with van der Waals surface area (Å²) in [6, 6.07) is 9.94. The summed E-state index contributed by atoms with van der Waals surface area (Å²) in [4.78, 5) is 26.9. The van der Waals surface area contributed by atoms with Gasteiger partial charge in [-0.3, -0.25) is 9.59 Å². The first kappa shape index (κ1) is 20.5. The number of aryl methyl sites for hydroxylation is 5. The summed E-state index contributed by atoms with van der Waals surface area (Å²) in [5.74, 6) is 0.296. The Labute approximate surface area is 158 Å². The Morgan fingerprint density at radius 1 is 0.808 bits per heavy atom. The van der Waals surface area contributed by atoms with Gasteiger partial charge in [0.1, 0.15) is 0 Å². The van der Waals surface area contributed by atoms with E-state index in [0.717, 1.165) is 38.9 Å². The van der Waals surface area contributed by atoms with Gasteiger partial charge in [-0.1, -0.05) is 49.7 Å². The van der Waals surface area contributed by atoms with Gasteiger partial charge in [-0.2, -0.15) is 0 Å². The Balaban J connectivity index is 2.55. The zero-order chi connectivity index (χ0) is 19.6. The van der Waals surface area contributed by atoms with Crippen molar-refractivity contribution in [3.05, 3.63) is 69.3 Å². The first-order valence-electron chi connectivity index (χ1n) is 9.13. The Kier molecular flexibility index (Phi) is 6.53. The van der Waals surface area contributed by atoms with Gasteiger partial charge in [-0.15, -0.1) is 0 Å². The number of carbonyl (C=O) groups is 2. The molecule has 0 aliphatic carbocycles. The average molecular weight is 368 g/mol. The lowest BCUT2D eigenvalue weighted by atomic mass is 10.0. The second-order valence-corrected chi connectivity index (χ2v) is 9.69. The van der Waals surface area contributed by atoms with Crippen LogP contribution in [0.15, 0.2) is 30.3 Å². The van der Waals surface area contributed by atoms with Gasteiger partial charge in [0, 0.05) is 19.0 Å². The van der Waals surface area contributed by atoms with Crippen LogP contribution in [0.2, 0.25) is 0 Å². The lowest BCUT2D eigenvalue weighted by molar-refractivity contribution is 0.105. The smallest absolute Gasteiger partial charge is 0.192 e. The van der Waals surface area contributed by atoms with Gasteiger partial charge in [0.2, 0.25) is 0 Å². The van der Waals surface area contributed by atoms with Crippen molar-refractivity contribution in [2.75, 3.05) is 6.16 Å². The predicted molar refractivity (Wildman–Crippen MR) is 112 cm³/mol. The third kappa shape index (κ3) is 4.30. The molecule has 0 fully saturated rings. The van der Waals surface area contributed by atoms with Crippen molar-refractivity contribution >= 4 is 19.0 Å². The van der Waals surface area contributed by atoms with Crippen molar-refractivity contribution in [2.24, 2.45) is 5.92 Å². The van der Waals surface area contributed by atoms with E-state index in [-0.39, 0.29) is 11.0 Å².